The zero-order valence-corrected chi connectivity index (χ0v) is 11.0. The Labute approximate surface area is 101 Å². The maximum atomic E-state index is 3.68. The second kappa shape index (κ2) is 6.02. The second-order valence-electron chi connectivity index (χ2n) is 5.55. The normalized spacial score (nSPS) is 33.4. The summed E-state index contributed by atoms with van der Waals surface area (Å²) >= 11 is 0. The lowest BCUT2D eigenvalue weighted by atomic mass is 9.93. The van der Waals surface area contributed by atoms with Crippen LogP contribution in [0, 0.1) is 5.92 Å². The fourth-order valence-electron chi connectivity index (χ4n) is 3.57. The molecule has 0 aromatic heterocycles. The van der Waals surface area contributed by atoms with Gasteiger partial charge in [0.05, 0.1) is 0 Å². The van der Waals surface area contributed by atoms with Crippen LogP contribution in [-0.2, 0) is 0 Å². The highest BCUT2D eigenvalue weighted by molar-refractivity contribution is 4.91. The molecule has 0 amide bonds. The third-order valence-electron chi connectivity index (χ3n) is 4.64. The zero-order valence-electron chi connectivity index (χ0n) is 11.0. The highest BCUT2D eigenvalue weighted by Gasteiger charge is 2.33. The van der Waals surface area contributed by atoms with Crippen molar-refractivity contribution in [2.75, 3.05) is 19.6 Å². The molecule has 0 aromatic carbocycles. The van der Waals surface area contributed by atoms with Gasteiger partial charge in [0, 0.05) is 12.1 Å². The lowest BCUT2D eigenvalue weighted by molar-refractivity contribution is 0.117. The molecule has 1 saturated heterocycles. The van der Waals surface area contributed by atoms with E-state index in [4.69, 9.17) is 0 Å². The molecule has 2 fully saturated rings. The number of rotatable bonds is 4. The predicted molar refractivity (Wildman–Crippen MR) is 69.7 cm³/mol. The van der Waals surface area contributed by atoms with Gasteiger partial charge in [-0.25, -0.2) is 0 Å². The summed E-state index contributed by atoms with van der Waals surface area (Å²) in [6, 6.07) is 1.63. The number of nitrogens with zero attached hydrogens (tertiary/aromatic N) is 1. The number of nitrogens with one attached hydrogen (secondary N) is 1. The minimum Gasteiger partial charge on any atom is -0.313 e. The Morgan fingerprint density at radius 3 is 2.44 bits per heavy atom. The van der Waals surface area contributed by atoms with Crippen LogP contribution in [0.1, 0.15) is 52.4 Å². The molecule has 94 valence electrons. The van der Waals surface area contributed by atoms with Crippen molar-refractivity contribution in [3.05, 3.63) is 0 Å². The molecule has 2 atom stereocenters. The van der Waals surface area contributed by atoms with Crippen LogP contribution in [-0.4, -0.2) is 36.6 Å². The van der Waals surface area contributed by atoms with Crippen LogP contribution < -0.4 is 5.32 Å². The summed E-state index contributed by atoms with van der Waals surface area (Å²) in [5.74, 6) is 1.01. The Hall–Kier alpha value is -0.0800. The third kappa shape index (κ3) is 2.78. The molecule has 2 heteroatoms. The number of hydrogen-bond acceptors (Lipinski definition) is 2. The van der Waals surface area contributed by atoms with E-state index in [9.17, 15) is 0 Å². The van der Waals surface area contributed by atoms with E-state index in [0.29, 0.717) is 0 Å². The van der Waals surface area contributed by atoms with E-state index < -0.39 is 0 Å². The van der Waals surface area contributed by atoms with Crippen molar-refractivity contribution in [2.45, 2.75) is 64.5 Å². The molecule has 1 aliphatic heterocycles. The van der Waals surface area contributed by atoms with Gasteiger partial charge in [0.25, 0.3) is 0 Å². The summed E-state index contributed by atoms with van der Waals surface area (Å²) in [7, 11) is 0. The van der Waals surface area contributed by atoms with E-state index >= 15 is 0 Å². The summed E-state index contributed by atoms with van der Waals surface area (Å²) in [5, 5.41) is 3.68. The molecule has 0 radical (unpaired) electrons. The minimum absolute atomic E-state index is 0.781. The van der Waals surface area contributed by atoms with Crippen LogP contribution in [0.25, 0.3) is 0 Å². The molecule has 2 nitrogen and oxygen atoms in total. The van der Waals surface area contributed by atoms with E-state index in [0.717, 1.165) is 24.5 Å². The molecule has 2 unspecified atom stereocenters. The van der Waals surface area contributed by atoms with Crippen molar-refractivity contribution < 1.29 is 0 Å². The SMILES string of the molecule is CCNC1CCCC1N1CCC(CC)CC1. The summed E-state index contributed by atoms with van der Waals surface area (Å²) < 4.78 is 0. The van der Waals surface area contributed by atoms with Gasteiger partial charge < -0.3 is 5.32 Å². The van der Waals surface area contributed by atoms with Crippen molar-refractivity contribution in [2.24, 2.45) is 5.92 Å². The van der Waals surface area contributed by atoms with Crippen LogP contribution >= 0.6 is 0 Å². The van der Waals surface area contributed by atoms with E-state index in [1.165, 1.54) is 51.6 Å². The van der Waals surface area contributed by atoms with Crippen LogP contribution in [0.4, 0.5) is 0 Å². The third-order valence-corrected chi connectivity index (χ3v) is 4.64. The Morgan fingerprint density at radius 2 is 1.81 bits per heavy atom. The van der Waals surface area contributed by atoms with Crippen LogP contribution in [0.3, 0.4) is 0 Å². The lowest BCUT2D eigenvalue weighted by Crippen LogP contribution is -2.49. The quantitative estimate of drug-likeness (QED) is 0.790. The Bertz CT molecular complexity index is 197. The average Bonchev–Trinajstić information content (AvgIpc) is 2.78. The maximum Gasteiger partial charge on any atom is 0.0249 e. The Kier molecular flexibility index (Phi) is 4.66. The summed E-state index contributed by atoms with van der Waals surface area (Å²) in [4.78, 5) is 2.77. The Morgan fingerprint density at radius 1 is 1.06 bits per heavy atom. The molecule has 2 aliphatic rings. The van der Waals surface area contributed by atoms with E-state index in [2.05, 4.69) is 24.1 Å². The first-order chi connectivity index (χ1) is 7.85. The summed E-state index contributed by atoms with van der Waals surface area (Å²) in [6.07, 6.45) is 8.50. The maximum absolute atomic E-state index is 3.68. The molecule has 0 spiro atoms. The van der Waals surface area contributed by atoms with Gasteiger partial charge >= 0.3 is 0 Å². The molecule has 16 heavy (non-hydrogen) atoms. The minimum atomic E-state index is 0.781. The largest absolute Gasteiger partial charge is 0.313 e. The average molecular weight is 224 g/mol. The van der Waals surface area contributed by atoms with E-state index in [-0.39, 0.29) is 0 Å². The van der Waals surface area contributed by atoms with Crippen LogP contribution in [0.15, 0.2) is 0 Å². The van der Waals surface area contributed by atoms with Gasteiger partial charge in [-0.2, -0.15) is 0 Å². The van der Waals surface area contributed by atoms with Crippen LogP contribution in [0.5, 0.6) is 0 Å². The van der Waals surface area contributed by atoms with Gasteiger partial charge in [0.2, 0.25) is 0 Å². The number of hydrogen-bond donors (Lipinski definition) is 1. The first-order valence-corrected chi connectivity index (χ1v) is 7.32. The topological polar surface area (TPSA) is 15.3 Å². The van der Waals surface area contributed by atoms with Crippen molar-refractivity contribution in [1.29, 1.82) is 0 Å². The summed E-state index contributed by atoms with van der Waals surface area (Å²) in [5.41, 5.74) is 0. The van der Waals surface area contributed by atoms with Crippen LogP contribution in [0.2, 0.25) is 0 Å². The van der Waals surface area contributed by atoms with Crippen molar-refractivity contribution in [3.63, 3.8) is 0 Å². The fraction of sp³-hybridized carbons (Fsp3) is 1.00. The fourth-order valence-corrected chi connectivity index (χ4v) is 3.57. The Balaban J connectivity index is 1.83. The highest BCUT2D eigenvalue weighted by atomic mass is 15.2. The number of likely N-dealkylation sites (N-methyl/N-ethyl adjacent to an activating group) is 1. The van der Waals surface area contributed by atoms with E-state index in [1.807, 2.05) is 0 Å². The van der Waals surface area contributed by atoms with Gasteiger partial charge in [-0.05, 0) is 51.2 Å². The van der Waals surface area contributed by atoms with E-state index in [1.54, 1.807) is 0 Å². The second-order valence-corrected chi connectivity index (χ2v) is 5.55. The molecule has 2 rings (SSSR count). The first-order valence-electron chi connectivity index (χ1n) is 7.32. The predicted octanol–water partition coefficient (Wildman–Crippen LogP) is 2.64. The number of piperidine rings is 1. The van der Waals surface area contributed by atoms with Gasteiger partial charge in [0.1, 0.15) is 0 Å². The molecule has 1 heterocycles. The monoisotopic (exact) mass is 224 g/mol. The molecule has 1 aliphatic carbocycles. The molecule has 0 aromatic rings. The van der Waals surface area contributed by atoms with Gasteiger partial charge in [-0.1, -0.05) is 26.7 Å². The summed E-state index contributed by atoms with van der Waals surface area (Å²) in [6.45, 7) is 8.42. The zero-order chi connectivity index (χ0) is 11.4. The van der Waals surface area contributed by atoms with Gasteiger partial charge in [0.15, 0.2) is 0 Å². The van der Waals surface area contributed by atoms with Crippen molar-refractivity contribution in [3.8, 4) is 0 Å². The molecule has 0 bridgehead atoms. The molecular formula is C14H28N2. The molecular weight excluding hydrogens is 196 g/mol. The van der Waals surface area contributed by atoms with Gasteiger partial charge in [-0.15, -0.1) is 0 Å². The highest BCUT2D eigenvalue weighted by Crippen LogP contribution is 2.29. The molecule has 1 saturated carbocycles. The lowest BCUT2D eigenvalue weighted by Gasteiger charge is -2.38. The van der Waals surface area contributed by atoms with Crippen molar-refractivity contribution in [1.82, 2.24) is 10.2 Å². The molecule has 1 N–H and O–H groups in total. The number of likely N-dealkylation sites (tertiary alicyclic amines) is 1. The van der Waals surface area contributed by atoms with Gasteiger partial charge in [-0.3, -0.25) is 4.90 Å². The first kappa shape index (κ1) is 12.4. The smallest absolute Gasteiger partial charge is 0.0249 e. The van der Waals surface area contributed by atoms with Crippen molar-refractivity contribution >= 4 is 0 Å². The standard InChI is InChI=1S/C14H28N2/c1-3-12-8-10-16(11-9-12)14-7-5-6-13(14)15-4-2/h12-15H,3-11H2,1-2H3.